The van der Waals surface area contributed by atoms with E-state index in [0.717, 1.165) is 58.0 Å². The van der Waals surface area contributed by atoms with Crippen molar-refractivity contribution >= 4 is 11.6 Å². The maximum atomic E-state index is 14.5. The number of allylic oxidation sites excluding steroid dienone is 4. The van der Waals surface area contributed by atoms with Gasteiger partial charge in [0.05, 0.1) is 11.7 Å². The smallest absolute Gasteiger partial charge is 0.178 e. The summed E-state index contributed by atoms with van der Waals surface area (Å²) in [7, 11) is 0. The number of aliphatic hydroxyl groups excluding tert-OH is 1. The van der Waals surface area contributed by atoms with E-state index >= 15 is 0 Å². The van der Waals surface area contributed by atoms with Crippen LogP contribution in [-0.2, 0) is 9.59 Å². The van der Waals surface area contributed by atoms with Crippen LogP contribution in [0, 0.1) is 56.2 Å². The summed E-state index contributed by atoms with van der Waals surface area (Å²) in [6, 6.07) is 2.21. The van der Waals surface area contributed by atoms with Crippen molar-refractivity contribution in [2.45, 2.75) is 105 Å². The molecular formula is C33H46N2O3. The first-order valence-electron chi connectivity index (χ1n) is 14.9. The van der Waals surface area contributed by atoms with E-state index in [1.54, 1.807) is 0 Å². The fraction of sp³-hybridized carbons (Fsp3) is 0.788. The molecule has 1 N–H and O–H groups in total. The third-order valence-electron chi connectivity index (χ3n) is 13.7. The van der Waals surface area contributed by atoms with Gasteiger partial charge >= 0.3 is 0 Å². The van der Waals surface area contributed by atoms with Gasteiger partial charge < -0.3 is 5.11 Å². The van der Waals surface area contributed by atoms with Gasteiger partial charge in [-0.25, -0.2) is 0 Å². The first-order valence-corrected chi connectivity index (χ1v) is 14.9. The van der Waals surface area contributed by atoms with E-state index in [9.17, 15) is 20.0 Å². The third kappa shape index (κ3) is 3.06. The molecule has 38 heavy (non-hydrogen) atoms. The fourth-order valence-electron chi connectivity index (χ4n) is 10.9. The van der Waals surface area contributed by atoms with E-state index in [1.807, 2.05) is 26.0 Å². The van der Waals surface area contributed by atoms with E-state index < -0.39 is 10.8 Å². The summed E-state index contributed by atoms with van der Waals surface area (Å²) in [5, 5.41) is 19.9. The minimum absolute atomic E-state index is 0.0152. The number of carbonyl (C=O) groups is 2. The molecule has 0 amide bonds. The van der Waals surface area contributed by atoms with Crippen molar-refractivity contribution in [3.05, 3.63) is 23.3 Å². The van der Waals surface area contributed by atoms with Crippen molar-refractivity contribution < 1.29 is 14.7 Å². The van der Waals surface area contributed by atoms with Crippen LogP contribution in [0.3, 0.4) is 0 Å². The lowest BCUT2D eigenvalue weighted by Gasteiger charge is -2.69. The van der Waals surface area contributed by atoms with Gasteiger partial charge in [-0.05, 0) is 86.0 Å². The molecule has 0 aromatic carbocycles. The summed E-state index contributed by atoms with van der Waals surface area (Å²) >= 11 is 0. The zero-order chi connectivity index (χ0) is 27.7. The molecule has 3 saturated carbocycles. The summed E-state index contributed by atoms with van der Waals surface area (Å²) in [4.78, 5) is 30.1. The summed E-state index contributed by atoms with van der Waals surface area (Å²) in [5.41, 5.74) is 0.205. The van der Waals surface area contributed by atoms with Gasteiger partial charge in [-0.15, -0.1) is 0 Å². The topological polar surface area (TPSA) is 81.4 Å². The summed E-state index contributed by atoms with van der Waals surface area (Å²) < 4.78 is 0. The van der Waals surface area contributed by atoms with Crippen molar-refractivity contribution in [3.63, 3.8) is 0 Å². The van der Waals surface area contributed by atoms with Crippen LogP contribution in [0.5, 0.6) is 0 Å². The predicted octanol–water partition coefficient (Wildman–Crippen LogP) is 5.63. The summed E-state index contributed by atoms with van der Waals surface area (Å²) in [5.74, 6) is 0.603. The Kier molecular flexibility index (Phi) is 5.36. The van der Waals surface area contributed by atoms with Gasteiger partial charge in [-0.1, -0.05) is 53.2 Å². The molecule has 6 aliphatic rings. The van der Waals surface area contributed by atoms with Crippen LogP contribution in [0.2, 0.25) is 0 Å². The number of nitriles is 1. The highest BCUT2D eigenvalue weighted by molar-refractivity contribution is 6.04. The van der Waals surface area contributed by atoms with Crippen molar-refractivity contribution in [2.24, 2.45) is 44.8 Å². The number of nitrogens with zero attached hydrogens (tertiary/aromatic N) is 2. The van der Waals surface area contributed by atoms with Crippen LogP contribution < -0.4 is 0 Å². The Labute approximate surface area is 228 Å². The van der Waals surface area contributed by atoms with Crippen LogP contribution in [0.4, 0.5) is 0 Å². The van der Waals surface area contributed by atoms with E-state index in [2.05, 4.69) is 45.6 Å². The number of ketones is 2. The van der Waals surface area contributed by atoms with Gasteiger partial charge in [-0.3, -0.25) is 14.5 Å². The molecule has 1 aliphatic heterocycles. The molecule has 206 valence electrons. The average molecular weight is 519 g/mol. The highest BCUT2D eigenvalue weighted by Gasteiger charge is 2.69. The Bertz CT molecular complexity index is 1220. The third-order valence-corrected chi connectivity index (χ3v) is 13.7. The van der Waals surface area contributed by atoms with Crippen LogP contribution in [-0.4, -0.2) is 46.3 Å². The Hall–Kier alpha value is -1.77. The van der Waals surface area contributed by atoms with Gasteiger partial charge in [0.2, 0.25) is 0 Å². The number of hydrogen-bond acceptors (Lipinski definition) is 5. The van der Waals surface area contributed by atoms with E-state index in [4.69, 9.17) is 0 Å². The molecule has 0 bridgehead atoms. The molecule has 0 aromatic rings. The lowest BCUT2D eigenvalue weighted by atomic mass is 9.34. The van der Waals surface area contributed by atoms with Crippen LogP contribution in [0.25, 0.3) is 0 Å². The molecule has 1 heterocycles. The van der Waals surface area contributed by atoms with Gasteiger partial charge in [0, 0.05) is 35.4 Å². The second-order valence-electron chi connectivity index (χ2n) is 15.8. The molecule has 0 radical (unpaired) electrons. The zero-order valence-corrected chi connectivity index (χ0v) is 24.5. The van der Waals surface area contributed by atoms with E-state index in [-0.39, 0.29) is 56.9 Å². The minimum atomic E-state index is -0.629. The maximum absolute atomic E-state index is 14.5. The highest BCUT2D eigenvalue weighted by Crippen LogP contribution is 2.74. The Morgan fingerprint density at radius 1 is 0.974 bits per heavy atom. The number of carbonyl (C=O) groups excluding carboxylic acids is 2. The average Bonchev–Trinajstić information content (AvgIpc) is 2.82. The Morgan fingerprint density at radius 3 is 2.26 bits per heavy atom. The van der Waals surface area contributed by atoms with E-state index in [1.165, 1.54) is 5.57 Å². The van der Waals surface area contributed by atoms with Crippen molar-refractivity contribution in [1.29, 1.82) is 5.26 Å². The van der Waals surface area contributed by atoms with Gasteiger partial charge in [0.15, 0.2) is 11.6 Å². The molecule has 0 spiro atoms. The molecule has 5 nitrogen and oxygen atoms in total. The first-order chi connectivity index (χ1) is 17.6. The Balaban J connectivity index is 1.46. The monoisotopic (exact) mass is 518 g/mol. The highest BCUT2D eigenvalue weighted by atomic mass is 16.3. The largest absolute Gasteiger partial charge is 0.390 e. The standard InChI is InChI=1S/C33H46N2O3/c1-28(2)24-8-9-32(6)25(31(24,5)15-20(17-34)27(28)38)14-23(37)26-22-16-30(4,35-18-21(36)19-35)12-10-29(22,3)11-13-33(26,32)7/h14-15,21-22,24,26,36H,8-13,16,18-19H2,1-7H3/t22?,24?,26?,29?,30-,31?,32-,33+/m0/s1. The first kappa shape index (κ1) is 26.5. The number of rotatable bonds is 1. The molecule has 5 unspecified atom stereocenters. The van der Waals surface area contributed by atoms with Crippen molar-refractivity contribution in [3.8, 4) is 6.07 Å². The summed E-state index contributed by atoms with van der Waals surface area (Å²) in [6.07, 6.45) is 11.1. The molecule has 5 aliphatic carbocycles. The second-order valence-corrected chi connectivity index (χ2v) is 15.8. The number of β-amino-alcohol motifs (C(OH)–C–C–N with tert-alkyl or cyclic N) is 1. The number of Topliss-reactive ketones (excluding diaryl/α,β-unsaturated/α-hetero) is 1. The number of likely N-dealkylation sites (tertiary alicyclic amines) is 1. The number of aliphatic hydroxyl groups is 1. The van der Waals surface area contributed by atoms with Gasteiger partial charge in [-0.2, -0.15) is 5.26 Å². The van der Waals surface area contributed by atoms with Crippen molar-refractivity contribution in [1.82, 2.24) is 4.90 Å². The quantitative estimate of drug-likeness (QED) is 0.486. The molecule has 6 rings (SSSR count). The number of fused-ring (bicyclic) bond motifs is 7. The Morgan fingerprint density at radius 2 is 1.63 bits per heavy atom. The zero-order valence-electron chi connectivity index (χ0n) is 24.5. The lowest BCUT2D eigenvalue weighted by molar-refractivity contribution is -0.178. The molecule has 8 atom stereocenters. The van der Waals surface area contributed by atoms with Crippen LogP contribution in [0.15, 0.2) is 23.3 Å². The van der Waals surface area contributed by atoms with Crippen molar-refractivity contribution in [2.75, 3.05) is 13.1 Å². The van der Waals surface area contributed by atoms with E-state index in [0.29, 0.717) is 5.92 Å². The molecule has 5 heteroatoms. The molecule has 0 aromatic heterocycles. The second kappa shape index (κ2) is 7.70. The fourth-order valence-corrected chi connectivity index (χ4v) is 10.9. The molecule has 4 fully saturated rings. The lowest BCUT2D eigenvalue weighted by Crippen LogP contribution is -2.68. The summed E-state index contributed by atoms with van der Waals surface area (Å²) in [6.45, 7) is 17.3. The molecular weight excluding hydrogens is 472 g/mol. The van der Waals surface area contributed by atoms with Gasteiger partial charge in [0.25, 0.3) is 0 Å². The minimum Gasteiger partial charge on any atom is -0.390 e. The maximum Gasteiger partial charge on any atom is 0.178 e. The number of hydrogen-bond donors (Lipinski definition) is 1. The SMILES string of the molecule is CC12CC[C@](C)(N3CC(O)C3)CC1C1C(=O)C=C3C4(C)C=C(C#N)C(=O)C(C)(C)C4CC[C@]3(C)[C@]1(C)CC2. The van der Waals surface area contributed by atoms with Crippen LogP contribution in [0.1, 0.15) is 93.4 Å². The van der Waals surface area contributed by atoms with Crippen LogP contribution >= 0.6 is 0 Å². The normalized spacial score (nSPS) is 50.3. The molecule has 1 saturated heterocycles. The predicted molar refractivity (Wildman–Crippen MR) is 147 cm³/mol. The van der Waals surface area contributed by atoms with Gasteiger partial charge in [0.1, 0.15) is 6.07 Å².